The second-order valence-electron chi connectivity index (χ2n) is 7.29. The molecule has 0 spiro atoms. The van der Waals surface area contributed by atoms with E-state index in [1.54, 1.807) is 37.8 Å². The quantitative estimate of drug-likeness (QED) is 0.540. The minimum Gasteiger partial charge on any atom is -0.367 e. The number of pyridine rings is 2. The Morgan fingerprint density at radius 2 is 1.77 bits per heavy atom. The Morgan fingerprint density at radius 1 is 1.03 bits per heavy atom. The number of carbonyl (C=O) groups excluding carboxylic acids is 1. The topological polar surface area (TPSA) is 114 Å². The lowest BCUT2D eigenvalue weighted by molar-refractivity contribution is 0.0958. The minimum atomic E-state index is -0.275. The highest BCUT2D eigenvalue weighted by Gasteiger charge is 2.25. The molecule has 1 aliphatic carbocycles. The van der Waals surface area contributed by atoms with Gasteiger partial charge < -0.3 is 16.0 Å². The molecule has 0 saturated heterocycles. The van der Waals surface area contributed by atoms with Crippen LogP contribution in [0.4, 0.5) is 11.6 Å². The van der Waals surface area contributed by atoms with E-state index in [4.69, 9.17) is 11.6 Å². The van der Waals surface area contributed by atoms with E-state index in [9.17, 15) is 9.59 Å². The normalized spacial score (nSPS) is 17.9. The van der Waals surface area contributed by atoms with E-state index in [2.05, 4.69) is 30.9 Å². The zero-order chi connectivity index (χ0) is 21.8. The summed E-state index contributed by atoms with van der Waals surface area (Å²) in [4.78, 5) is 36.5. The summed E-state index contributed by atoms with van der Waals surface area (Å²) in [5, 5.41) is 9.50. The van der Waals surface area contributed by atoms with E-state index in [0.717, 1.165) is 25.1 Å². The summed E-state index contributed by atoms with van der Waals surface area (Å²) in [7, 11) is 1.56. The van der Waals surface area contributed by atoms with Gasteiger partial charge in [-0.15, -0.1) is 0 Å². The van der Waals surface area contributed by atoms with Crippen LogP contribution in [0.1, 0.15) is 29.8 Å². The Hall–Kier alpha value is -3.46. The van der Waals surface area contributed by atoms with Crippen molar-refractivity contribution in [3.8, 4) is 5.69 Å². The van der Waals surface area contributed by atoms with Crippen molar-refractivity contribution in [1.29, 1.82) is 0 Å². The summed E-state index contributed by atoms with van der Waals surface area (Å²) in [5.74, 6) is 1.13. The lowest BCUT2D eigenvalue weighted by atomic mass is 10.2. The first-order valence-corrected chi connectivity index (χ1v) is 10.3. The molecule has 9 nitrogen and oxygen atoms in total. The van der Waals surface area contributed by atoms with Gasteiger partial charge in [0.25, 0.3) is 11.5 Å². The van der Waals surface area contributed by atoms with Gasteiger partial charge in [-0.3, -0.25) is 14.2 Å². The van der Waals surface area contributed by atoms with Gasteiger partial charge >= 0.3 is 0 Å². The summed E-state index contributed by atoms with van der Waals surface area (Å²) >= 11 is 5.91. The second kappa shape index (κ2) is 9.13. The third kappa shape index (κ3) is 4.83. The molecular weight excluding hydrogens is 418 g/mol. The number of hydrogen-bond acceptors (Lipinski definition) is 7. The molecule has 3 aromatic heterocycles. The van der Waals surface area contributed by atoms with Crippen LogP contribution in [0.2, 0.25) is 5.02 Å². The monoisotopic (exact) mass is 439 g/mol. The molecule has 4 rings (SSSR count). The highest BCUT2D eigenvalue weighted by molar-refractivity contribution is 6.30. The van der Waals surface area contributed by atoms with Gasteiger partial charge in [0.05, 0.1) is 24.3 Å². The third-order valence-electron chi connectivity index (χ3n) is 5.18. The summed E-state index contributed by atoms with van der Waals surface area (Å²) < 4.78 is 1.46. The van der Waals surface area contributed by atoms with E-state index in [1.807, 2.05) is 12.1 Å². The van der Waals surface area contributed by atoms with Gasteiger partial charge in [-0.25, -0.2) is 15.0 Å². The van der Waals surface area contributed by atoms with Crippen LogP contribution >= 0.6 is 11.6 Å². The number of nitrogens with one attached hydrogen (secondary N) is 3. The SMILES string of the molecule is CNC(=O)c1cnc(N[C@H]2CC[C@H](Nc3ccc(-n4cccc(Cl)c4=O)cn3)C2)cn1. The van der Waals surface area contributed by atoms with Crippen LogP contribution in [-0.4, -0.2) is 44.6 Å². The maximum atomic E-state index is 12.1. The predicted molar refractivity (Wildman–Crippen MR) is 119 cm³/mol. The summed E-state index contributed by atoms with van der Waals surface area (Å²) in [6, 6.07) is 7.49. The lowest BCUT2D eigenvalue weighted by Gasteiger charge is -2.16. The van der Waals surface area contributed by atoms with E-state index in [-0.39, 0.29) is 34.3 Å². The Kier molecular flexibility index (Phi) is 6.13. The van der Waals surface area contributed by atoms with E-state index < -0.39 is 0 Å². The zero-order valence-electron chi connectivity index (χ0n) is 16.9. The van der Waals surface area contributed by atoms with Crippen molar-refractivity contribution in [2.75, 3.05) is 17.7 Å². The molecule has 0 radical (unpaired) electrons. The number of amides is 1. The molecule has 3 aromatic rings. The molecule has 0 unspecified atom stereocenters. The molecule has 0 aliphatic heterocycles. The number of carbonyl (C=O) groups is 1. The third-order valence-corrected chi connectivity index (χ3v) is 5.46. The van der Waals surface area contributed by atoms with E-state index >= 15 is 0 Å². The second-order valence-corrected chi connectivity index (χ2v) is 7.70. The molecule has 0 bridgehead atoms. The molecule has 160 valence electrons. The highest BCUT2D eigenvalue weighted by atomic mass is 35.5. The fraction of sp³-hybridized carbons (Fsp3) is 0.286. The number of halogens is 1. The van der Waals surface area contributed by atoms with E-state index in [1.165, 1.54) is 10.8 Å². The maximum Gasteiger partial charge on any atom is 0.273 e. The summed E-state index contributed by atoms with van der Waals surface area (Å²) in [5.41, 5.74) is 0.666. The van der Waals surface area contributed by atoms with Crippen LogP contribution in [0.25, 0.3) is 5.69 Å². The van der Waals surface area contributed by atoms with Crippen molar-refractivity contribution < 1.29 is 4.79 Å². The summed E-state index contributed by atoms with van der Waals surface area (Å²) in [6.45, 7) is 0. The first-order chi connectivity index (χ1) is 15.0. The van der Waals surface area contributed by atoms with Gasteiger partial charge in [0, 0.05) is 25.3 Å². The Morgan fingerprint density at radius 3 is 2.42 bits per heavy atom. The standard InChI is InChI=1S/C21H22ClN7O2/c1-23-20(30)17-11-26-19(12-24-17)28-14-5-4-13(9-14)27-18-7-6-15(10-25-18)29-8-2-3-16(22)21(29)31/h2-3,6-8,10-14H,4-5,9H2,1H3,(H,23,30)(H,25,27)(H,26,28)/t13-,14-/m0/s1. The van der Waals surface area contributed by atoms with Crippen molar-refractivity contribution in [2.45, 2.75) is 31.3 Å². The smallest absolute Gasteiger partial charge is 0.273 e. The van der Waals surface area contributed by atoms with Gasteiger partial charge in [-0.05, 0) is 43.5 Å². The van der Waals surface area contributed by atoms with Crippen molar-refractivity contribution in [2.24, 2.45) is 0 Å². The van der Waals surface area contributed by atoms with Gasteiger partial charge in [0.15, 0.2) is 0 Å². The Bertz CT molecular complexity index is 1120. The van der Waals surface area contributed by atoms with Crippen LogP contribution in [0, 0.1) is 0 Å². The average Bonchev–Trinajstić information content (AvgIpc) is 3.23. The maximum absolute atomic E-state index is 12.1. The fourth-order valence-electron chi connectivity index (χ4n) is 3.59. The van der Waals surface area contributed by atoms with Crippen LogP contribution < -0.4 is 21.5 Å². The number of rotatable bonds is 6. The molecule has 1 aliphatic rings. The molecule has 3 N–H and O–H groups in total. The Balaban J connectivity index is 1.33. The fourth-order valence-corrected chi connectivity index (χ4v) is 3.76. The van der Waals surface area contributed by atoms with Crippen molar-refractivity contribution >= 4 is 29.1 Å². The number of aromatic nitrogens is 4. The molecule has 10 heteroatoms. The zero-order valence-corrected chi connectivity index (χ0v) is 17.6. The average molecular weight is 440 g/mol. The number of nitrogens with zero attached hydrogens (tertiary/aromatic N) is 4. The molecule has 1 fully saturated rings. The Labute approximate surface area is 183 Å². The highest BCUT2D eigenvalue weighted by Crippen LogP contribution is 2.25. The molecule has 1 saturated carbocycles. The molecule has 31 heavy (non-hydrogen) atoms. The lowest BCUT2D eigenvalue weighted by Crippen LogP contribution is -2.22. The largest absolute Gasteiger partial charge is 0.367 e. The van der Waals surface area contributed by atoms with Gasteiger partial charge in [0.2, 0.25) is 0 Å². The first kappa shape index (κ1) is 20.8. The van der Waals surface area contributed by atoms with Gasteiger partial charge in [-0.1, -0.05) is 11.6 Å². The van der Waals surface area contributed by atoms with Crippen LogP contribution in [0.15, 0.2) is 53.8 Å². The number of anilines is 2. The van der Waals surface area contributed by atoms with Crippen molar-refractivity contribution in [3.63, 3.8) is 0 Å². The molecule has 0 aromatic carbocycles. The first-order valence-electron chi connectivity index (χ1n) is 9.94. The van der Waals surface area contributed by atoms with Crippen molar-refractivity contribution in [1.82, 2.24) is 24.8 Å². The molecule has 3 heterocycles. The minimum absolute atomic E-state index is 0.169. The van der Waals surface area contributed by atoms with Gasteiger partial charge in [0.1, 0.15) is 22.4 Å². The molecular formula is C21H22ClN7O2. The van der Waals surface area contributed by atoms with Crippen LogP contribution in [0.5, 0.6) is 0 Å². The molecule has 1 amide bonds. The van der Waals surface area contributed by atoms with Crippen LogP contribution in [0.3, 0.4) is 0 Å². The van der Waals surface area contributed by atoms with Crippen molar-refractivity contribution in [3.05, 3.63) is 70.1 Å². The van der Waals surface area contributed by atoms with Gasteiger partial charge in [-0.2, -0.15) is 0 Å². The number of hydrogen-bond donors (Lipinski definition) is 3. The summed E-state index contributed by atoms with van der Waals surface area (Å²) in [6.07, 6.45) is 9.21. The van der Waals surface area contributed by atoms with E-state index in [0.29, 0.717) is 11.5 Å². The predicted octanol–water partition coefficient (Wildman–Crippen LogP) is 2.48. The van der Waals surface area contributed by atoms with Crippen LogP contribution in [-0.2, 0) is 0 Å². The molecule has 2 atom stereocenters.